The third kappa shape index (κ3) is 4.14. The molecule has 0 fully saturated rings. The van der Waals surface area contributed by atoms with Crippen molar-refractivity contribution in [1.82, 2.24) is 5.43 Å². The van der Waals surface area contributed by atoms with Crippen LogP contribution in [0, 0.1) is 10.1 Å². The van der Waals surface area contributed by atoms with E-state index in [0.29, 0.717) is 5.56 Å². The Bertz CT molecular complexity index is 762. The van der Waals surface area contributed by atoms with Gasteiger partial charge >= 0.3 is 0 Å². The Hall–Kier alpha value is -3.26. The molecule has 2 aromatic rings. The van der Waals surface area contributed by atoms with Crippen LogP contribution in [0.1, 0.15) is 17.2 Å². The van der Waals surface area contributed by atoms with Crippen LogP contribution in [-0.2, 0) is 9.53 Å². The predicted octanol–water partition coefficient (Wildman–Crippen LogP) is 2.14. The van der Waals surface area contributed by atoms with Gasteiger partial charge in [-0.25, -0.2) is 5.43 Å². The van der Waals surface area contributed by atoms with E-state index in [2.05, 4.69) is 10.5 Å². The van der Waals surface area contributed by atoms with Gasteiger partial charge in [-0.05, 0) is 11.6 Å². The molecule has 0 aliphatic heterocycles. The topological polar surface area (TPSA) is 114 Å². The summed E-state index contributed by atoms with van der Waals surface area (Å²) < 4.78 is 5.15. The summed E-state index contributed by atoms with van der Waals surface area (Å²) in [5, 5.41) is 24.1. The summed E-state index contributed by atoms with van der Waals surface area (Å²) in [6, 6.07) is 12.4. The molecule has 1 amide bonds. The van der Waals surface area contributed by atoms with Gasteiger partial charge in [0.25, 0.3) is 11.6 Å². The molecule has 2 rings (SSSR count). The van der Waals surface area contributed by atoms with E-state index in [0.717, 1.165) is 12.3 Å². The fourth-order valence-corrected chi connectivity index (χ4v) is 2.01. The first-order valence-electron chi connectivity index (χ1n) is 6.91. The lowest BCUT2D eigenvalue weighted by Crippen LogP contribution is -2.26. The van der Waals surface area contributed by atoms with Crippen molar-refractivity contribution < 1.29 is 19.6 Å². The Balaban J connectivity index is 2.09. The van der Waals surface area contributed by atoms with Gasteiger partial charge in [0, 0.05) is 24.8 Å². The van der Waals surface area contributed by atoms with Crippen molar-refractivity contribution in [2.75, 3.05) is 7.11 Å². The number of nitro benzene ring substituents is 1. The minimum Gasteiger partial charge on any atom is -0.507 e. The number of nitrogens with zero attached hydrogens (tertiary/aromatic N) is 2. The van der Waals surface area contributed by atoms with Crippen molar-refractivity contribution in [1.29, 1.82) is 0 Å². The molecular weight excluding hydrogens is 314 g/mol. The number of benzene rings is 2. The fourth-order valence-electron chi connectivity index (χ4n) is 2.01. The number of rotatable bonds is 6. The van der Waals surface area contributed by atoms with E-state index >= 15 is 0 Å². The zero-order valence-corrected chi connectivity index (χ0v) is 12.7. The molecule has 24 heavy (non-hydrogen) atoms. The lowest BCUT2D eigenvalue weighted by Gasteiger charge is -2.13. The monoisotopic (exact) mass is 329 g/mol. The summed E-state index contributed by atoms with van der Waals surface area (Å²) in [6.07, 6.45) is 0.278. The van der Waals surface area contributed by atoms with Gasteiger partial charge in [0.1, 0.15) is 5.75 Å². The van der Waals surface area contributed by atoms with Gasteiger partial charge in [0.2, 0.25) is 0 Å². The summed E-state index contributed by atoms with van der Waals surface area (Å²) in [4.78, 5) is 22.2. The molecule has 0 radical (unpaired) electrons. The van der Waals surface area contributed by atoms with Crippen molar-refractivity contribution in [3.8, 4) is 5.75 Å². The molecule has 1 atom stereocenters. The molecule has 0 spiro atoms. The van der Waals surface area contributed by atoms with Crippen molar-refractivity contribution >= 4 is 17.8 Å². The van der Waals surface area contributed by atoms with Crippen LogP contribution in [-0.4, -0.2) is 29.3 Å². The average Bonchev–Trinajstić information content (AvgIpc) is 2.58. The third-order valence-corrected chi connectivity index (χ3v) is 3.18. The minimum absolute atomic E-state index is 0.109. The first-order chi connectivity index (χ1) is 11.5. The second-order valence-electron chi connectivity index (χ2n) is 4.76. The maximum absolute atomic E-state index is 12.1. The average molecular weight is 329 g/mol. The van der Waals surface area contributed by atoms with Crippen LogP contribution in [0.5, 0.6) is 5.75 Å². The molecule has 0 aliphatic rings. The summed E-state index contributed by atoms with van der Waals surface area (Å²) >= 11 is 0. The number of aromatic hydroxyl groups is 1. The summed E-state index contributed by atoms with van der Waals surface area (Å²) in [6.45, 7) is 0. The second kappa shape index (κ2) is 7.84. The third-order valence-electron chi connectivity index (χ3n) is 3.18. The van der Waals surface area contributed by atoms with Crippen molar-refractivity contribution in [2.24, 2.45) is 5.10 Å². The molecule has 0 heterocycles. The summed E-state index contributed by atoms with van der Waals surface area (Å²) in [5.74, 6) is -0.699. The van der Waals surface area contributed by atoms with E-state index in [-0.39, 0.29) is 17.0 Å². The van der Waals surface area contributed by atoms with Crippen molar-refractivity contribution in [2.45, 2.75) is 6.10 Å². The van der Waals surface area contributed by atoms with E-state index in [1.165, 1.54) is 19.2 Å². The molecular formula is C16H15N3O5. The molecule has 0 aromatic heterocycles. The highest BCUT2D eigenvalue weighted by Crippen LogP contribution is 2.21. The first kappa shape index (κ1) is 17.1. The lowest BCUT2D eigenvalue weighted by molar-refractivity contribution is -0.384. The largest absolute Gasteiger partial charge is 0.507 e. The van der Waals surface area contributed by atoms with E-state index in [1.807, 2.05) is 6.07 Å². The standard InChI is InChI=1S/C16H15N3O5/c1-24-15(11-5-3-2-4-6-11)16(21)18-17-10-12-9-13(19(22)23)7-8-14(12)20/h2-10,15,20H,1H3,(H,18,21)/b17-10+. The van der Waals surface area contributed by atoms with Gasteiger partial charge in [-0.15, -0.1) is 0 Å². The van der Waals surface area contributed by atoms with E-state index in [9.17, 15) is 20.0 Å². The number of nitrogens with one attached hydrogen (secondary N) is 1. The van der Waals surface area contributed by atoms with Gasteiger partial charge in [0.05, 0.1) is 11.1 Å². The van der Waals surface area contributed by atoms with Crippen LogP contribution in [0.2, 0.25) is 0 Å². The number of nitro groups is 1. The Labute approximate surface area is 137 Å². The van der Waals surface area contributed by atoms with Crippen molar-refractivity contribution in [3.05, 3.63) is 69.8 Å². The molecule has 0 saturated heterocycles. The SMILES string of the molecule is COC(C(=O)N/N=C/c1cc([N+](=O)[O-])ccc1O)c1ccccc1. The maximum Gasteiger partial charge on any atom is 0.273 e. The highest BCUT2D eigenvalue weighted by molar-refractivity contribution is 5.87. The molecule has 0 aliphatic carbocycles. The predicted molar refractivity (Wildman–Crippen MR) is 86.7 cm³/mol. The number of hydrazone groups is 1. The van der Waals surface area contributed by atoms with Gasteiger partial charge in [-0.3, -0.25) is 14.9 Å². The maximum atomic E-state index is 12.1. The molecule has 8 nitrogen and oxygen atoms in total. The number of phenols is 1. The van der Waals surface area contributed by atoms with Crippen LogP contribution >= 0.6 is 0 Å². The lowest BCUT2D eigenvalue weighted by atomic mass is 10.1. The Morgan fingerprint density at radius 2 is 2.04 bits per heavy atom. The smallest absolute Gasteiger partial charge is 0.273 e. The van der Waals surface area contributed by atoms with Gasteiger partial charge < -0.3 is 9.84 Å². The van der Waals surface area contributed by atoms with Crippen LogP contribution in [0.3, 0.4) is 0 Å². The molecule has 124 valence electrons. The number of phenolic OH excluding ortho intramolecular Hbond substituents is 1. The first-order valence-corrected chi connectivity index (χ1v) is 6.91. The van der Waals surface area contributed by atoms with Gasteiger partial charge in [-0.2, -0.15) is 5.10 Å². The van der Waals surface area contributed by atoms with Gasteiger partial charge in [-0.1, -0.05) is 30.3 Å². The Morgan fingerprint density at radius 1 is 1.33 bits per heavy atom. The van der Waals surface area contributed by atoms with Crippen LogP contribution < -0.4 is 5.43 Å². The number of hydrogen-bond donors (Lipinski definition) is 2. The fraction of sp³-hybridized carbons (Fsp3) is 0.125. The summed E-state index contributed by atoms with van der Waals surface area (Å²) in [7, 11) is 1.40. The molecule has 0 bridgehead atoms. The van der Waals surface area contributed by atoms with Crippen LogP contribution in [0.25, 0.3) is 0 Å². The Morgan fingerprint density at radius 3 is 2.67 bits per heavy atom. The molecule has 0 saturated carbocycles. The normalized spacial score (nSPS) is 12.0. The zero-order chi connectivity index (χ0) is 17.5. The molecule has 8 heteroatoms. The number of ether oxygens (including phenoxy) is 1. The van der Waals surface area contributed by atoms with Gasteiger partial charge in [0.15, 0.2) is 6.10 Å². The molecule has 2 N–H and O–H groups in total. The number of carbonyl (C=O) groups excluding carboxylic acids is 1. The molecule has 1 unspecified atom stereocenters. The number of non-ortho nitro benzene ring substituents is 1. The van der Waals surface area contributed by atoms with Crippen LogP contribution in [0.15, 0.2) is 53.6 Å². The summed E-state index contributed by atoms with van der Waals surface area (Å²) in [5.41, 5.74) is 2.85. The number of methoxy groups -OCH3 is 1. The molecule has 2 aromatic carbocycles. The Kier molecular flexibility index (Phi) is 5.58. The second-order valence-corrected chi connectivity index (χ2v) is 4.76. The highest BCUT2D eigenvalue weighted by atomic mass is 16.6. The van der Waals surface area contributed by atoms with Crippen molar-refractivity contribution in [3.63, 3.8) is 0 Å². The number of amides is 1. The van der Waals surface area contributed by atoms with Crippen LogP contribution in [0.4, 0.5) is 5.69 Å². The zero-order valence-electron chi connectivity index (χ0n) is 12.7. The van der Waals surface area contributed by atoms with E-state index < -0.39 is 16.9 Å². The van der Waals surface area contributed by atoms with E-state index in [4.69, 9.17) is 4.74 Å². The minimum atomic E-state index is -0.845. The number of hydrogen-bond acceptors (Lipinski definition) is 6. The number of carbonyl (C=O) groups is 1. The quantitative estimate of drug-likeness (QED) is 0.479. The van der Waals surface area contributed by atoms with E-state index in [1.54, 1.807) is 24.3 Å². The highest BCUT2D eigenvalue weighted by Gasteiger charge is 2.19.